The quantitative estimate of drug-likeness (QED) is 0.717. The molecular weight excluding hydrogens is 229 g/mol. The molecule has 0 heterocycles. The van der Waals surface area contributed by atoms with Gasteiger partial charge in [-0.1, -0.05) is 6.07 Å². The number of nitrogens with one attached hydrogen (secondary N) is 1. The van der Waals surface area contributed by atoms with E-state index >= 15 is 0 Å². The first-order chi connectivity index (χ1) is 8.59. The van der Waals surface area contributed by atoms with E-state index in [-0.39, 0.29) is 5.82 Å². The highest BCUT2D eigenvalue weighted by molar-refractivity contribution is 5.26. The van der Waals surface area contributed by atoms with Crippen LogP contribution in [0.2, 0.25) is 0 Å². The van der Waals surface area contributed by atoms with E-state index in [0.29, 0.717) is 6.10 Å². The molecule has 18 heavy (non-hydrogen) atoms. The van der Waals surface area contributed by atoms with Crippen molar-refractivity contribution in [3.8, 4) is 0 Å². The van der Waals surface area contributed by atoms with Crippen molar-refractivity contribution in [3.63, 3.8) is 0 Å². The Balaban J connectivity index is 2.12. The fraction of sp³-hybridized carbons (Fsp3) is 0.600. The van der Waals surface area contributed by atoms with Crippen LogP contribution >= 0.6 is 0 Å². The van der Waals surface area contributed by atoms with Crippen molar-refractivity contribution in [2.24, 2.45) is 0 Å². The summed E-state index contributed by atoms with van der Waals surface area (Å²) in [6.45, 7) is 8.59. The summed E-state index contributed by atoms with van der Waals surface area (Å²) >= 11 is 0. The number of halogens is 1. The molecule has 0 aliphatic carbocycles. The third-order valence-electron chi connectivity index (χ3n) is 2.83. The molecule has 0 unspecified atom stereocenters. The summed E-state index contributed by atoms with van der Waals surface area (Å²) < 4.78 is 18.5. The predicted octanol–water partition coefficient (Wildman–Crippen LogP) is 3.43. The van der Waals surface area contributed by atoms with Gasteiger partial charge < -0.3 is 10.1 Å². The van der Waals surface area contributed by atoms with E-state index in [9.17, 15) is 4.39 Å². The number of hydrogen-bond acceptors (Lipinski definition) is 2. The zero-order valence-electron chi connectivity index (χ0n) is 11.6. The predicted molar refractivity (Wildman–Crippen MR) is 73.2 cm³/mol. The van der Waals surface area contributed by atoms with Gasteiger partial charge in [-0.05, 0) is 63.4 Å². The standard InChI is InChI=1S/C15H24FNO/c1-12(2)18-9-5-4-8-17-11-14-10-15(16)7-6-13(14)3/h6-7,10,12,17H,4-5,8-9,11H2,1-3H3. The average molecular weight is 253 g/mol. The fourth-order valence-electron chi connectivity index (χ4n) is 1.72. The van der Waals surface area contributed by atoms with Crippen LogP contribution in [0.15, 0.2) is 18.2 Å². The molecule has 1 rings (SSSR count). The Labute approximate surface area is 110 Å². The topological polar surface area (TPSA) is 21.3 Å². The lowest BCUT2D eigenvalue weighted by atomic mass is 10.1. The molecule has 3 heteroatoms. The normalized spacial score (nSPS) is 11.2. The van der Waals surface area contributed by atoms with E-state index in [4.69, 9.17) is 4.74 Å². The molecule has 1 aromatic rings. The Bertz CT molecular complexity index is 352. The van der Waals surface area contributed by atoms with Gasteiger partial charge in [0.05, 0.1) is 6.10 Å². The molecule has 0 saturated heterocycles. The number of benzene rings is 1. The lowest BCUT2D eigenvalue weighted by Crippen LogP contribution is -2.16. The van der Waals surface area contributed by atoms with Crippen LogP contribution < -0.4 is 5.32 Å². The van der Waals surface area contributed by atoms with Gasteiger partial charge >= 0.3 is 0 Å². The van der Waals surface area contributed by atoms with Crippen molar-refractivity contribution in [3.05, 3.63) is 35.1 Å². The van der Waals surface area contributed by atoms with Gasteiger partial charge in [-0.25, -0.2) is 4.39 Å². The largest absolute Gasteiger partial charge is 0.379 e. The molecule has 0 aliphatic heterocycles. The monoisotopic (exact) mass is 253 g/mol. The van der Waals surface area contributed by atoms with Crippen LogP contribution in [-0.2, 0) is 11.3 Å². The van der Waals surface area contributed by atoms with E-state index in [1.165, 1.54) is 6.07 Å². The molecule has 1 aromatic carbocycles. The van der Waals surface area contributed by atoms with Crippen LogP contribution in [-0.4, -0.2) is 19.3 Å². The van der Waals surface area contributed by atoms with Crippen molar-refractivity contribution in [2.75, 3.05) is 13.2 Å². The van der Waals surface area contributed by atoms with Gasteiger partial charge in [0, 0.05) is 13.2 Å². The summed E-state index contributed by atoms with van der Waals surface area (Å²) in [4.78, 5) is 0. The van der Waals surface area contributed by atoms with Crippen LogP contribution in [0.5, 0.6) is 0 Å². The van der Waals surface area contributed by atoms with E-state index in [0.717, 1.165) is 43.7 Å². The second kappa shape index (κ2) is 8.22. The maximum atomic E-state index is 13.1. The summed E-state index contributed by atoms with van der Waals surface area (Å²) in [5, 5.41) is 3.34. The van der Waals surface area contributed by atoms with Crippen LogP contribution in [0.3, 0.4) is 0 Å². The summed E-state index contributed by atoms with van der Waals surface area (Å²) in [7, 11) is 0. The second-order valence-corrected chi connectivity index (χ2v) is 4.87. The van der Waals surface area contributed by atoms with Gasteiger partial charge in [0.1, 0.15) is 5.82 Å². The second-order valence-electron chi connectivity index (χ2n) is 4.87. The van der Waals surface area contributed by atoms with Gasteiger partial charge in [-0.15, -0.1) is 0 Å². The highest BCUT2D eigenvalue weighted by Gasteiger charge is 2.00. The van der Waals surface area contributed by atoms with E-state index < -0.39 is 0 Å². The molecule has 0 atom stereocenters. The summed E-state index contributed by atoms with van der Waals surface area (Å²) in [5.41, 5.74) is 2.17. The lowest BCUT2D eigenvalue weighted by molar-refractivity contribution is 0.0760. The molecule has 0 spiro atoms. The lowest BCUT2D eigenvalue weighted by Gasteiger charge is -2.09. The van der Waals surface area contributed by atoms with E-state index in [2.05, 4.69) is 5.32 Å². The highest BCUT2D eigenvalue weighted by Crippen LogP contribution is 2.09. The Kier molecular flexibility index (Phi) is 6.91. The van der Waals surface area contributed by atoms with Gasteiger partial charge in [0.2, 0.25) is 0 Å². The van der Waals surface area contributed by atoms with E-state index in [1.807, 2.05) is 26.8 Å². The minimum atomic E-state index is -0.164. The number of rotatable bonds is 8. The van der Waals surface area contributed by atoms with Crippen molar-refractivity contribution >= 4 is 0 Å². The number of aryl methyl sites for hydroxylation is 1. The van der Waals surface area contributed by atoms with Crippen molar-refractivity contribution in [1.82, 2.24) is 5.32 Å². The van der Waals surface area contributed by atoms with Gasteiger partial charge in [-0.2, -0.15) is 0 Å². The zero-order valence-corrected chi connectivity index (χ0v) is 11.6. The average Bonchev–Trinajstić information content (AvgIpc) is 2.32. The third kappa shape index (κ3) is 6.12. The minimum Gasteiger partial charge on any atom is -0.379 e. The molecule has 0 fully saturated rings. The SMILES string of the molecule is Cc1ccc(F)cc1CNCCCCOC(C)C. The van der Waals surface area contributed by atoms with Crippen molar-refractivity contribution in [2.45, 2.75) is 46.3 Å². The molecule has 2 nitrogen and oxygen atoms in total. The van der Waals surface area contributed by atoms with Gasteiger partial charge in [0.15, 0.2) is 0 Å². The molecule has 0 bridgehead atoms. The summed E-state index contributed by atoms with van der Waals surface area (Å²) in [6.07, 6.45) is 2.46. The molecule has 0 radical (unpaired) electrons. The molecule has 102 valence electrons. The summed E-state index contributed by atoms with van der Waals surface area (Å²) in [5.74, 6) is -0.164. The molecule has 0 amide bonds. The van der Waals surface area contributed by atoms with Crippen molar-refractivity contribution in [1.29, 1.82) is 0 Å². The molecule has 1 N–H and O–H groups in total. The first-order valence-electron chi connectivity index (χ1n) is 6.67. The Morgan fingerprint density at radius 3 is 2.78 bits per heavy atom. The first-order valence-corrected chi connectivity index (χ1v) is 6.67. The number of unbranched alkanes of at least 4 members (excludes halogenated alkanes) is 1. The fourth-order valence-corrected chi connectivity index (χ4v) is 1.72. The number of ether oxygens (including phenoxy) is 1. The zero-order chi connectivity index (χ0) is 13.4. The van der Waals surface area contributed by atoms with E-state index in [1.54, 1.807) is 6.07 Å². The Morgan fingerprint density at radius 2 is 2.06 bits per heavy atom. The molecule has 0 aromatic heterocycles. The van der Waals surface area contributed by atoms with Crippen molar-refractivity contribution < 1.29 is 9.13 Å². The molecular formula is C15H24FNO. The van der Waals surface area contributed by atoms with Gasteiger partial charge in [-0.3, -0.25) is 0 Å². The van der Waals surface area contributed by atoms with Crippen LogP contribution in [0, 0.1) is 12.7 Å². The molecule has 0 aliphatic rings. The van der Waals surface area contributed by atoms with Gasteiger partial charge in [0.25, 0.3) is 0 Å². The maximum absolute atomic E-state index is 13.1. The highest BCUT2D eigenvalue weighted by atomic mass is 19.1. The first kappa shape index (κ1) is 15.1. The van der Waals surface area contributed by atoms with Crippen LogP contribution in [0.1, 0.15) is 37.8 Å². The number of hydrogen-bond donors (Lipinski definition) is 1. The maximum Gasteiger partial charge on any atom is 0.123 e. The minimum absolute atomic E-state index is 0.164. The summed E-state index contributed by atoms with van der Waals surface area (Å²) in [6, 6.07) is 4.93. The molecule has 0 saturated carbocycles. The Hall–Kier alpha value is -0.930. The van der Waals surface area contributed by atoms with Crippen LogP contribution in [0.25, 0.3) is 0 Å². The smallest absolute Gasteiger partial charge is 0.123 e. The van der Waals surface area contributed by atoms with Crippen LogP contribution in [0.4, 0.5) is 4.39 Å². The Morgan fingerprint density at radius 1 is 1.28 bits per heavy atom. The third-order valence-corrected chi connectivity index (χ3v) is 2.83.